The minimum atomic E-state index is 0.0104. The molecule has 0 bridgehead atoms. The Bertz CT molecular complexity index is 1540. The molecule has 0 radical (unpaired) electrons. The summed E-state index contributed by atoms with van der Waals surface area (Å²) >= 11 is 0. The number of guanidine groups is 1. The molecule has 1 N–H and O–H groups in total. The minimum Gasteiger partial charge on any atom is -0.378 e. The molecule has 1 atom stereocenters. The highest BCUT2D eigenvalue weighted by molar-refractivity contribution is 6.09. The van der Waals surface area contributed by atoms with Crippen LogP contribution in [0.15, 0.2) is 113 Å². The van der Waals surface area contributed by atoms with Gasteiger partial charge in [-0.1, -0.05) is 73.8 Å². The summed E-state index contributed by atoms with van der Waals surface area (Å²) in [7, 11) is 4.07. The average Bonchev–Trinajstić information content (AvgIpc) is 3.37. The van der Waals surface area contributed by atoms with Gasteiger partial charge in [-0.3, -0.25) is 4.99 Å². The van der Waals surface area contributed by atoms with Gasteiger partial charge in [0.25, 0.3) is 0 Å². The van der Waals surface area contributed by atoms with E-state index in [1.165, 1.54) is 22.3 Å². The predicted molar refractivity (Wildman–Crippen MR) is 158 cm³/mol. The van der Waals surface area contributed by atoms with Crippen LogP contribution in [0.25, 0.3) is 5.70 Å². The second kappa shape index (κ2) is 9.49. The third-order valence-corrected chi connectivity index (χ3v) is 7.80. The number of allylic oxidation sites excluding steroid dienone is 2. The lowest BCUT2D eigenvalue weighted by Crippen LogP contribution is -2.48. The van der Waals surface area contributed by atoms with Crippen molar-refractivity contribution in [3.63, 3.8) is 0 Å². The maximum atomic E-state index is 5.23. The second-order valence-corrected chi connectivity index (χ2v) is 10.4. The molecule has 0 saturated heterocycles. The molecule has 3 aromatic rings. The van der Waals surface area contributed by atoms with Gasteiger partial charge in [0.2, 0.25) is 5.96 Å². The van der Waals surface area contributed by atoms with E-state index in [-0.39, 0.29) is 6.04 Å². The number of aliphatic imine (C=N–C) groups is 2. The van der Waals surface area contributed by atoms with Crippen molar-refractivity contribution < 1.29 is 0 Å². The Morgan fingerprint density at radius 1 is 0.974 bits per heavy atom. The third kappa shape index (κ3) is 4.14. The van der Waals surface area contributed by atoms with E-state index in [0.717, 1.165) is 65.0 Å². The average molecular weight is 500 g/mol. The summed E-state index contributed by atoms with van der Waals surface area (Å²) in [6.45, 7) is 11.6. The number of hydrogen-bond donors (Lipinski definition) is 1. The molecule has 0 aliphatic carbocycles. The Labute approximate surface area is 225 Å². The minimum absolute atomic E-state index is 0.0104. The molecule has 5 nitrogen and oxygen atoms in total. The molecule has 6 rings (SSSR count). The van der Waals surface area contributed by atoms with E-state index in [0.29, 0.717) is 0 Å². The lowest BCUT2D eigenvalue weighted by atomic mass is 9.86. The van der Waals surface area contributed by atoms with Crippen molar-refractivity contribution in [1.82, 2.24) is 15.1 Å². The molecule has 1 unspecified atom stereocenters. The number of para-hydroxylation sites is 1. The number of nitrogens with zero attached hydrogens (tertiary/aromatic N) is 4. The van der Waals surface area contributed by atoms with Gasteiger partial charge in [0, 0.05) is 38.5 Å². The lowest BCUT2D eigenvalue weighted by molar-refractivity contribution is 0.329. The maximum absolute atomic E-state index is 5.23. The van der Waals surface area contributed by atoms with Crippen LogP contribution in [0.3, 0.4) is 0 Å². The second-order valence-electron chi connectivity index (χ2n) is 10.4. The first-order valence-electron chi connectivity index (χ1n) is 13.1. The standard InChI is InChI=1S/C33H33N5/c1-21-22(2)34-33(36-31(21)30-20-27-13-9-10-14-29(27)35-30)38-18-17-24-15-16-26(23(3)37(4)5)19-28(24)32(38)25-11-7-6-8-12-25/h6-16,19,32H,2-3,17-18,20H2,1,4-5H3,(H,34,36). The van der Waals surface area contributed by atoms with Gasteiger partial charge in [-0.05, 0) is 58.9 Å². The summed E-state index contributed by atoms with van der Waals surface area (Å²) in [4.78, 5) is 14.6. The fourth-order valence-electron chi connectivity index (χ4n) is 5.55. The molecule has 190 valence electrons. The zero-order chi connectivity index (χ0) is 26.4. The summed E-state index contributed by atoms with van der Waals surface area (Å²) < 4.78 is 0. The first-order chi connectivity index (χ1) is 18.4. The van der Waals surface area contributed by atoms with Gasteiger partial charge >= 0.3 is 0 Å². The normalized spacial score (nSPS) is 18.3. The molecule has 38 heavy (non-hydrogen) atoms. The lowest BCUT2D eigenvalue weighted by Gasteiger charge is -2.41. The van der Waals surface area contributed by atoms with Gasteiger partial charge in [-0.15, -0.1) is 0 Å². The maximum Gasteiger partial charge on any atom is 0.204 e. The first kappa shape index (κ1) is 24.0. The summed E-state index contributed by atoms with van der Waals surface area (Å²) in [6.07, 6.45) is 1.72. The highest BCUT2D eigenvalue weighted by atomic mass is 15.3. The zero-order valence-electron chi connectivity index (χ0n) is 22.3. The Balaban J connectivity index is 1.44. The molecule has 3 aromatic carbocycles. The largest absolute Gasteiger partial charge is 0.378 e. The Morgan fingerprint density at radius 3 is 2.50 bits per heavy atom. The number of rotatable bonds is 4. The van der Waals surface area contributed by atoms with Crippen LogP contribution in [0.4, 0.5) is 5.69 Å². The van der Waals surface area contributed by atoms with Gasteiger partial charge in [0.1, 0.15) is 0 Å². The van der Waals surface area contributed by atoms with Gasteiger partial charge in [0.15, 0.2) is 0 Å². The molecule has 0 saturated carbocycles. The molecule has 0 fully saturated rings. The van der Waals surface area contributed by atoms with E-state index in [1.807, 2.05) is 20.2 Å². The highest BCUT2D eigenvalue weighted by Gasteiger charge is 2.34. The van der Waals surface area contributed by atoms with E-state index in [9.17, 15) is 0 Å². The van der Waals surface area contributed by atoms with Crippen molar-refractivity contribution >= 4 is 23.1 Å². The first-order valence-corrected chi connectivity index (χ1v) is 13.1. The Hall–Kier alpha value is -4.38. The number of nitrogens with one attached hydrogen (secondary N) is 1. The van der Waals surface area contributed by atoms with Crippen molar-refractivity contribution in [1.29, 1.82) is 0 Å². The molecule has 5 heteroatoms. The number of hydrogen-bond acceptors (Lipinski definition) is 5. The molecule has 3 aliphatic heterocycles. The highest BCUT2D eigenvalue weighted by Crippen LogP contribution is 2.38. The van der Waals surface area contributed by atoms with Gasteiger partial charge in [0.05, 0.1) is 23.1 Å². The van der Waals surface area contributed by atoms with Crippen molar-refractivity contribution in [2.75, 3.05) is 20.6 Å². The zero-order valence-corrected chi connectivity index (χ0v) is 22.3. The number of fused-ring (bicyclic) bond motifs is 2. The van der Waals surface area contributed by atoms with Gasteiger partial charge in [-0.25, -0.2) is 4.99 Å². The van der Waals surface area contributed by atoms with E-state index in [1.54, 1.807) is 0 Å². The van der Waals surface area contributed by atoms with Crippen molar-refractivity contribution in [2.45, 2.75) is 25.8 Å². The summed E-state index contributed by atoms with van der Waals surface area (Å²) in [5.41, 5.74) is 12.1. The van der Waals surface area contributed by atoms with Gasteiger partial charge < -0.3 is 15.1 Å². The van der Waals surface area contributed by atoms with E-state index < -0.39 is 0 Å². The predicted octanol–water partition coefficient (Wildman–Crippen LogP) is 6.24. The Morgan fingerprint density at radius 2 is 1.74 bits per heavy atom. The molecule has 3 heterocycles. The smallest absolute Gasteiger partial charge is 0.204 e. The van der Waals surface area contributed by atoms with Crippen LogP contribution < -0.4 is 5.32 Å². The fraction of sp³-hybridized carbons (Fsp3) is 0.212. The van der Waals surface area contributed by atoms with Gasteiger partial charge in [-0.2, -0.15) is 0 Å². The molecule has 3 aliphatic rings. The van der Waals surface area contributed by atoms with Crippen LogP contribution in [0.2, 0.25) is 0 Å². The number of benzene rings is 3. The van der Waals surface area contributed by atoms with Crippen LogP contribution in [0.5, 0.6) is 0 Å². The molecule has 0 spiro atoms. The molecular formula is C33H33N5. The molecular weight excluding hydrogens is 466 g/mol. The molecule has 0 aromatic heterocycles. The van der Waals surface area contributed by atoms with E-state index in [4.69, 9.17) is 9.98 Å². The Kier molecular flexibility index (Phi) is 5.99. The van der Waals surface area contributed by atoms with Crippen molar-refractivity contribution in [3.05, 3.63) is 131 Å². The monoisotopic (exact) mass is 499 g/mol. The van der Waals surface area contributed by atoms with Crippen molar-refractivity contribution in [3.8, 4) is 0 Å². The third-order valence-electron chi connectivity index (χ3n) is 7.80. The quantitative estimate of drug-likeness (QED) is 0.462. The van der Waals surface area contributed by atoms with E-state index in [2.05, 4.69) is 102 Å². The fourth-order valence-corrected chi connectivity index (χ4v) is 5.55. The van der Waals surface area contributed by atoms with E-state index >= 15 is 0 Å². The SMILES string of the molecule is C=C1NC(N2CCc3ccc(C(=C)N(C)C)cc3C2c2ccccc2)=NC(C2=Nc3ccccc3C2)=C1C. The summed E-state index contributed by atoms with van der Waals surface area (Å²) in [5, 5.41) is 3.54. The van der Waals surface area contributed by atoms with Crippen LogP contribution in [-0.4, -0.2) is 42.1 Å². The van der Waals surface area contributed by atoms with Crippen LogP contribution in [0, 0.1) is 0 Å². The topological polar surface area (TPSA) is 43.2 Å². The molecule has 0 amide bonds. The summed E-state index contributed by atoms with van der Waals surface area (Å²) in [6, 6.07) is 25.8. The van der Waals surface area contributed by atoms with Crippen LogP contribution in [-0.2, 0) is 12.8 Å². The van der Waals surface area contributed by atoms with Crippen LogP contribution in [0.1, 0.15) is 40.8 Å². The van der Waals surface area contributed by atoms with Crippen molar-refractivity contribution in [2.24, 2.45) is 9.98 Å². The summed E-state index contributed by atoms with van der Waals surface area (Å²) in [5.74, 6) is 0.825. The van der Waals surface area contributed by atoms with Crippen LogP contribution >= 0.6 is 0 Å².